The highest BCUT2D eigenvalue weighted by Gasteiger charge is 2.24. The van der Waals surface area contributed by atoms with E-state index >= 15 is 0 Å². The molecule has 0 radical (unpaired) electrons. The Morgan fingerprint density at radius 1 is 1.35 bits per heavy atom. The van der Waals surface area contributed by atoms with Crippen molar-refractivity contribution in [2.45, 2.75) is 13.8 Å². The standard InChI is InChI=1S/C18H21ClN2O4S/c1-4-25-15(22)11-21(8-9-24-3)18(23)16-12(2)20-17(26-16)13-6-5-7-14(19)10-13/h5-7,10H,4,8-9,11H2,1-3H3. The second-order valence-corrected chi connectivity index (χ2v) is 6.90. The lowest BCUT2D eigenvalue weighted by atomic mass is 10.2. The van der Waals surface area contributed by atoms with Crippen molar-refractivity contribution in [3.05, 3.63) is 39.9 Å². The smallest absolute Gasteiger partial charge is 0.325 e. The second kappa shape index (κ2) is 9.66. The summed E-state index contributed by atoms with van der Waals surface area (Å²) in [6, 6.07) is 7.31. The number of halogens is 1. The number of nitrogens with zero attached hydrogens (tertiary/aromatic N) is 2. The van der Waals surface area contributed by atoms with E-state index in [4.69, 9.17) is 21.1 Å². The van der Waals surface area contributed by atoms with Crippen LogP contribution in [0.3, 0.4) is 0 Å². The lowest BCUT2D eigenvalue weighted by Gasteiger charge is -2.20. The highest BCUT2D eigenvalue weighted by Crippen LogP contribution is 2.30. The fraction of sp³-hybridized carbons (Fsp3) is 0.389. The monoisotopic (exact) mass is 396 g/mol. The minimum absolute atomic E-state index is 0.125. The molecule has 6 nitrogen and oxygen atoms in total. The molecule has 1 aromatic carbocycles. The second-order valence-electron chi connectivity index (χ2n) is 5.47. The van der Waals surface area contributed by atoms with Crippen molar-refractivity contribution in [1.29, 1.82) is 0 Å². The molecule has 0 bridgehead atoms. The summed E-state index contributed by atoms with van der Waals surface area (Å²) in [6.07, 6.45) is 0. The van der Waals surface area contributed by atoms with Gasteiger partial charge in [0.25, 0.3) is 5.91 Å². The molecule has 1 amide bonds. The van der Waals surface area contributed by atoms with Gasteiger partial charge in [-0.25, -0.2) is 4.98 Å². The van der Waals surface area contributed by atoms with Crippen molar-refractivity contribution >= 4 is 34.8 Å². The summed E-state index contributed by atoms with van der Waals surface area (Å²) in [5, 5.41) is 1.31. The van der Waals surface area contributed by atoms with Crippen LogP contribution >= 0.6 is 22.9 Å². The molecular weight excluding hydrogens is 376 g/mol. The molecule has 0 aliphatic rings. The molecule has 0 atom stereocenters. The van der Waals surface area contributed by atoms with E-state index in [1.165, 1.54) is 16.2 Å². The first-order chi connectivity index (χ1) is 12.5. The van der Waals surface area contributed by atoms with Crippen molar-refractivity contribution in [1.82, 2.24) is 9.88 Å². The molecular formula is C18H21ClN2O4S. The maximum atomic E-state index is 12.9. The molecule has 0 aliphatic heterocycles. The lowest BCUT2D eigenvalue weighted by Crippen LogP contribution is -2.38. The molecule has 0 fully saturated rings. The summed E-state index contributed by atoms with van der Waals surface area (Å²) in [5.41, 5.74) is 1.46. The van der Waals surface area contributed by atoms with Crippen molar-refractivity contribution in [2.24, 2.45) is 0 Å². The number of aromatic nitrogens is 1. The van der Waals surface area contributed by atoms with Crippen LogP contribution in [0.25, 0.3) is 10.6 Å². The number of aryl methyl sites for hydroxylation is 1. The van der Waals surface area contributed by atoms with E-state index < -0.39 is 5.97 Å². The summed E-state index contributed by atoms with van der Waals surface area (Å²) in [5.74, 6) is -0.715. The number of benzene rings is 1. The Morgan fingerprint density at radius 3 is 2.77 bits per heavy atom. The lowest BCUT2D eigenvalue weighted by molar-refractivity contribution is -0.143. The zero-order valence-electron chi connectivity index (χ0n) is 15.0. The predicted octanol–water partition coefficient (Wildman–Crippen LogP) is 3.42. The molecule has 2 aromatic rings. The third kappa shape index (κ3) is 5.27. The number of rotatable bonds is 8. The zero-order chi connectivity index (χ0) is 19.1. The summed E-state index contributed by atoms with van der Waals surface area (Å²) >= 11 is 7.31. The Kier molecular flexibility index (Phi) is 7.56. The van der Waals surface area contributed by atoms with E-state index in [2.05, 4.69) is 4.98 Å². The van der Waals surface area contributed by atoms with Gasteiger partial charge in [0.1, 0.15) is 16.4 Å². The van der Waals surface area contributed by atoms with Crippen LogP contribution in [-0.4, -0.2) is 55.2 Å². The molecule has 1 heterocycles. The van der Waals surface area contributed by atoms with Crippen LogP contribution in [0.4, 0.5) is 0 Å². The van der Waals surface area contributed by atoms with Crippen molar-refractivity contribution in [2.75, 3.05) is 33.4 Å². The van der Waals surface area contributed by atoms with Gasteiger partial charge >= 0.3 is 5.97 Å². The van der Waals surface area contributed by atoms with Gasteiger partial charge in [0.05, 0.1) is 18.9 Å². The van der Waals surface area contributed by atoms with Crippen LogP contribution in [0, 0.1) is 6.92 Å². The first-order valence-corrected chi connectivity index (χ1v) is 9.32. The van der Waals surface area contributed by atoms with Crippen LogP contribution in [0.1, 0.15) is 22.3 Å². The number of hydrogen-bond acceptors (Lipinski definition) is 6. The number of ether oxygens (including phenoxy) is 2. The van der Waals surface area contributed by atoms with Gasteiger partial charge in [0.15, 0.2) is 0 Å². The Morgan fingerprint density at radius 2 is 2.12 bits per heavy atom. The van der Waals surface area contributed by atoms with E-state index in [1.807, 2.05) is 12.1 Å². The first kappa shape index (κ1) is 20.4. The summed E-state index contributed by atoms with van der Waals surface area (Å²) in [6.45, 7) is 4.26. The van der Waals surface area contributed by atoms with E-state index in [0.29, 0.717) is 27.2 Å². The molecule has 0 saturated heterocycles. The fourth-order valence-electron chi connectivity index (χ4n) is 2.30. The van der Waals surface area contributed by atoms with Crippen molar-refractivity contribution in [3.63, 3.8) is 0 Å². The van der Waals surface area contributed by atoms with Gasteiger partial charge in [-0.3, -0.25) is 9.59 Å². The Balaban J connectivity index is 2.25. The van der Waals surface area contributed by atoms with Crippen molar-refractivity contribution < 1.29 is 19.1 Å². The normalized spacial score (nSPS) is 10.6. The number of thiazole rings is 1. The molecule has 0 unspecified atom stereocenters. The van der Waals surface area contributed by atoms with Gasteiger partial charge in [-0.2, -0.15) is 0 Å². The number of methoxy groups -OCH3 is 1. The average molecular weight is 397 g/mol. The summed E-state index contributed by atoms with van der Waals surface area (Å²) in [4.78, 5) is 31.1. The van der Waals surface area contributed by atoms with E-state index in [-0.39, 0.29) is 25.6 Å². The number of esters is 1. The number of carbonyl (C=O) groups is 2. The van der Waals surface area contributed by atoms with Crippen LogP contribution in [0.5, 0.6) is 0 Å². The molecule has 2 rings (SSSR count). The fourth-order valence-corrected chi connectivity index (χ4v) is 3.52. The predicted molar refractivity (Wildman–Crippen MR) is 102 cm³/mol. The molecule has 0 spiro atoms. The van der Waals surface area contributed by atoms with Gasteiger partial charge in [-0.05, 0) is 26.0 Å². The molecule has 0 saturated carbocycles. The average Bonchev–Trinajstić information content (AvgIpc) is 3.00. The van der Waals surface area contributed by atoms with Gasteiger partial charge in [-0.1, -0.05) is 23.7 Å². The van der Waals surface area contributed by atoms with Gasteiger partial charge in [0.2, 0.25) is 0 Å². The van der Waals surface area contributed by atoms with Crippen LogP contribution in [0.15, 0.2) is 24.3 Å². The Bertz CT molecular complexity index is 778. The third-order valence-electron chi connectivity index (χ3n) is 3.54. The number of carbonyl (C=O) groups excluding carboxylic acids is 2. The van der Waals surface area contributed by atoms with Crippen molar-refractivity contribution in [3.8, 4) is 10.6 Å². The third-order valence-corrected chi connectivity index (χ3v) is 4.97. The van der Waals surface area contributed by atoms with Gasteiger partial charge in [-0.15, -0.1) is 11.3 Å². The largest absolute Gasteiger partial charge is 0.465 e. The Hall–Kier alpha value is -1.96. The minimum atomic E-state index is -0.450. The topological polar surface area (TPSA) is 68.7 Å². The van der Waals surface area contributed by atoms with E-state index in [0.717, 1.165) is 5.56 Å². The number of amides is 1. The highest BCUT2D eigenvalue weighted by atomic mass is 35.5. The molecule has 0 N–H and O–H groups in total. The van der Waals surface area contributed by atoms with E-state index in [9.17, 15) is 9.59 Å². The maximum absolute atomic E-state index is 12.9. The molecule has 0 aliphatic carbocycles. The minimum Gasteiger partial charge on any atom is -0.465 e. The highest BCUT2D eigenvalue weighted by molar-refractivity contribution is 7.17. The molecule has 8 heteroatoms. The van der Waals surface area contributed by atoms with Gasteiger partial charge < -0.3 is 14.4 Å². The van der Waals surface area contributed by atoms with Crippen LogP contribution in [-0.2, 0) is 14.3 Å². The van der Waals surface area contributed by atoms with E-state index in [1.54, 1.807) is 33.1 Å². The first-order valence-electron chi connectivity index (χ1n) is 8.13. The van der Waals surface area contributed by atoms with Gasteiger partial charge in [0, 0.05) is 24.2 Å². The Labute approximate surface area is 161 Å². The summed E-state index contributed by atoms with van der Waals surface area (Å²) in [7, 11) is 1.54. The molecule has 26 heavy (non-hydrogen) atoms. The van der Waals surface area contributed by atoms with Crippen LogP contribution < -0.4 is 0 Å². The zero-order valence-corrected chi connectivity index (χ0v) is 16.5. The molecule has 1 aromatic heterocycles. The van der Waals surface area contributed by atoms with Crippen LogP contribution in [0.2, 0.25) is 5.02 Å². The maximum Gasteiger partial charge on any atom is 0.325 e. The quantitative estimate of drug-likeness (QED) is 0.639. The SMILES string of the molecule is CCOC(=O)CN(CCOC)C(=O)c1sc(-c2cccc(Cl)c2)nc1C. The molecule has 140 valence electrons. The summed E-state index contributed by atoms with van der Waals surface area (Å²) < 4.78 is 10.0. The number of hydrogen-bond donors (Lipinski definition) is 0.